The number of para-hydroxylation sites is 1. The Labute approximate surface area is 195 Å². The first-order chi connectivity index (χ1) is 16.5. The van der Waals surface area contributed by atoms with Crippen molar-refractivity contribution in [3.63, 3.8) is 0 Å². The number of fused-ring (bicyclic) bond motifs is 2. The van der Waals surface area contributed by atoms with Crippen molar-refractivity contribution in [1.29, 1.82) is 0 Å². The third-order valence-corrected chi connectivity index (χ3v) is 5.57. The van der Waals surface area contributed by atoms with Crippen LogP contribution in [-0.2, 0) is 11.2 Å². The highest BCUT2D eigenvalue weighted by Gasteiger charge is 2.23. The van der Waals surface area contributed by atoms with Crippen LogP contribution in [0.15, 0.2) is 81.8 Å². The number of benzene rings is 3. The number of hydrogen-bond acceptors (Lipinski definition) is 5. The molecule has 3 aromatic carbocycles. The number of rotatable bonds is 6. The van der Waals surface area contributed by atoms with Crippen molar-refractivity contribution >= 4 is 45.1 Å². The van der Waals surface area contributed by atoms with E-state index in [0.717, 1.165) is 22.1 Å². The summed E-state index contributed by atoms with van der Waals surface area (Å²) in [6, 6.07) is 20.0. The molecule has 2 heterocycles. The van der Waals surface area contributed by atoms with E-state index in [9.17, 15) is 9.59 Å². The molecule has 2 amide bonds. The van der Waals surface area contributed by atoms with Crippen molar-refractivity contribution in [2.45, 2.75) is 13.3 Å². The number of carbonyl (C=O) groups excluding carboxylic acids is 2. The Bertz CT molecular complexity index is 1510. The molecule has 34 heavy (non-hydrogen) atoms. The van der Waals surface area contributed by atoms with Gasteiger partial charge in [0.25, 0.3) is 5.91 Å². The molecule has 0 saturated heterocycles. The molecule has 0 bridgehead atoms. The van der Waals surface area contributed by atoms with Crippen molar-refractivity contribution in [2.75, 3.05) is 17.7 Å². The smallest absolute Gasteiger partial charge is 0.293 e. The zero-order valence-electron chi connectivity index (χ0n) is 18.7. The SMILES string of the molecule is COc1ccc(NC(=O)c2oc3ccccc3c2NC(=O)Cc2coc3ccc(C)cc23)cc1. The molecule has 5 aromatic rings. The van der Waals surface area contributed by atoms with E-state index in [1.807, 2.05) is 37.3 Å². The molecule has 0 aliphatic rings. The van der Waals surface area contributed by atoms with Gasteiger partial charge < -0.3 is 24.2 Å². The van der Waals surface area contributed by atoms with Gasteiger partial charge in [-0.15, -0.1) is 0 Å². The Morgan fingerprint density at radius 3 is 2.50 bits per heavy atom. The second-order valence-electron chi connectivity index (χ2n) is 7.97. The first-order valence-corrected chi connectivity index (χ1v) is 10.8. The third-order valence-electron chi connectivity index (χ3n) is 5.57. The Morgan fingerprint density at radius 1 is 0.912 bits per heavy atom. The van der Waals surface area contributed by atoms with E-state index < -0.39 is 5.91 Å². The normalized spacial score (nSPS) is 11.0. The second-order valence-corrected chi connectivity index (χ2v) is 7.97. The monoisotopic (exact) mass is 454 g/mol. The minimum Gasteiger partial charge on any atom is -0.497 e. The summed E-state index contributed by atoms with van der Waals surface area (Å²) >= 11 is 0. The highest BCUT2D eigenvalue weighted by atomic mass is 16.5. The summed E-state index contributed by atoms with van der Waals surface area (Å²) < 4.78 is 16.6. The molecule has 0 aliphatic carbocycles. The highest BCUT2D eigenvalue weighted by Crippen LogP contribution is 2.32. The van der Waals surface area contributed by atoms with Gasteiger partial charge in [-0.25, -0.2) is 0 Å². The second kappa shape index (κ2) is 8.78. The molecule has 0 saturated carbocycles. The molecular formula is C27H22N2O5. The maximum Gasteiger partial charge on any atom is 0.293 e. The van der Waals surface area contributed by atoms with Crippen LogP contribution in [0.3, 0.4) is 0 Å². The molecule has 0 atom stereocenters. The summed E-state index contributed by atoms with van der Waals surface area (Å²) in [7, 11) is 1.57. The molecule has 0 radical (unpaired) electrons. The molecule has 7 heteroatoms. The Morgan fingerprint density at radius 2 is 1.71 bits per heavy atom. The van der Waals surface area contributed by atoms with Crippen LogP contribution in [-0.4, -0.2) is 18.9 Å². The Balaban J connectivity index is 1.42. The molecule has 2 aromatic heterocycles. The van der Waals surface area contributed by atoms with E-state index in [2.05, 4.69) is 10.6 Å². The van der Waals surface area contributed by atoms with E-state index in [-0.39, 0.29) is 18.1 Å². The van der Waals surface area contributed by atoms with Crippen molar-refractivity contribution < 1.29 is 23.2 Å². The van der Waals surface area contributed by atoms with Crippen LogP contribution in [0, 0.1) is 6.92 Å². The van der Waals surface area contributed by atoms with Crippen molar-refractivity contribution in [2.24, 2.45) is 0 Å². The van der Waals surface area contributed by atoms with E-state index in [0.29, 0.717) is 28.1 Å². The summed E-state index contributed by atoms with van der Waals surface area (Å²) in [5.74, 6) is -0.0507. The van der Waals surface area contributed by atoms with Gasteiger partial charge in [0.05, 0.1) is 19.8 Å². The number of anilines is 2. The average molecular weight is 454 g/mol. The molecule has 5 rings (SSSR count). The van der Waals surface area contributed by atoms with Crippen molar-refractivity contribution in [1.82, 2.24) is 0 Å². The van der Waals surface area contributed by atoms with Crippen LogP contribution in [0.1, 0.15) is 21.7 Å². The zero-order valence-corrected chi connectivity index (χ0v) is 18.7. The zero-order chi connectivity index (χ0) is 23.7. The molecule has 7 nitrogen and oxygen atoms in total. The lowest BCUT2D eigenvalue weighted by Crippen LogP contribution is -2.18. The Hall–Kier alpha value is -4.52. The molecule has 0 aliphatic heterocycles. The molecule has 0 fully saturated rings. The average Bonchev–Trinajstić information content (AvgIpc) is 3.41. The number of hydrogen-bond donors (Lipinski definition) is 2. The highest BCUT2D eigenvalue weighted by molar-refractivity contribution is 6.14. The standard InChI is InChI=1S/C27H22N2O5/c1-16-7-12-22-21(13-16)17(15-33-22)14-24(30)29-25-20-5-3-4-6-23(20)34-26(25)27(31)28-18-8-10-19(32-2)11-9-18/h3-13,15H,14H2,1-2H3,(H,28,31)(H,29,30). The third kappa shape index (κ3) is 4.11. The van der Waals surface area contributed by atoms with Crippen LogP contribution in [0.5, 0.6) is 5.75 Å². The van der Waals surface area contributed by atoms with Gasteiger partial charge in [0.15, 0.2) is 0 Å². The fraction of sp³-hybridized carbons (Fsp3) is 0.111. The number of carbonyl (C=O) groups is 2. The van der Waals surface area contributed by atoms with Gasteiger partial charge in [0.2, 0.25) is 11.7 Å². The molecule has 2 N–H and O–H groups in total. The maximum absolute atomic E-state index is 13.1. The summed E-state index contributed by atoms with van der Waals surface area (Å²) in [4.78, 5) is 26.1. The van der Waals surface area contributed by atoms with Crippen LogP contribution >= 0.6 is 0 Å². The number of nitrogens with one attached hydrogen (secondary N) is 2. The number of amides is 2. The summed E-state index contributed by atoms with van der Waals surface area (Å²) in [5, 5.41) is 7.22. The van der Waals surface area contributed by atoms with E-state index in [1.54, 1.807) is 49.8 Å². The lowest BCUT2D eigenvalue weighted by Gasteiger charge is -2.08. The number of furan rings is 2. The Kier molecular flexibility index (Phi) is 5.51. The topological polar surface area (TPSA) is 93.7 Å². The first kappa shape index (κ1) is 21.3. The minimum absolute atomic E-state index is 0.0262. The number of aryl methyl sites for hydroxylation is 1. The van der Waals surface area contributed by atoms with Gasteiger partial charge in [0.1, 0.15) is 22.6 Å². The quantitative estimate of drug-likeness (QED) is 0.332. The van der Waals surface area contributed by atoms with Crippen molar-refractivity contribution in [3.8, 4) is 5.75 Å². The fourth-order valence-electron chi connectivity index (χ4n) is 3.88. The van der Waals surface area contributed by atoms with Gasteiger partial charge in [0, 0.05) is 22.0 Å². The summed E-state index contributed by atoms with van der Waals surface area (Å²) in [6.07, 6.45) is 1.68. The van der Waals surface area contributed by atoms with Crippen molar-refractivity contribution in [3.05, 3.63) is 89.9 Å². The predicted octanol–water partition coefficient (Wildman–Crippen LogP) is 5.93. The van der Waals surface area contributed by atoms with Gasteiger partial charge in [-0.3, -0.25) is 9.59 Å². The molecule has 170 valence electrons. The van der Waals surface area contributed by atoms with Crippen LogP contribution in [0.25, 0.3) is 21.9 Å². The van der Waals surface area contributed by atoms with Gasteiger partial charge in [-0.1, -0.05) is 23.8 Å². The molecule has 0 spiro atoms. The maximum atomic E-state index is 13.1. The number of ether oxygens (including phenoxy) is 1. The first-order valence-electron chi connectivity index (χ1n) is 10.8. The van der Waals surface area contributed by atoms with Gasteiger partial charge in [-0.05, 0) is 55.5 Å². The van der Waals surface area contributed by atoms with E-state index >= 15 is 0 Å². The molecule has 0 unspecified atom stereocenters. The fourth-order valence-corrected chi connectivity index (χ4v) is 3.88. The van der Waals surface area contributed by atoms with Crippen LogP contribution in [0.4, 0.5) is 11.4 Å². The summed E-state index contributed by atoms with van der Waals surface area (Å²) in [6.45, 7) is 1.99. The van der Waals surface area contributed by atoms with Crippen LogP contribution in [0.2, 0.25) is 0 Å². The van der Waals surface area contributed by atoms with Crippen LogP contribution < -0.4 is 15.4 Å². The van der Waals surface area contributed by atoms with E-state index in [4.69, 9.17) is 13.6 Å². The minimum atomic E-state index is -0.471. The van der Waals surface area contributed by atoms with E-state index in [1.165, 1.54) is 0 Å². The number of methoxy groups -OCH3 is 1. The lowest BCUT2D eigenvalue weighted by atomic mass is 10.1. The largest absolute Gasteiger partial charge is 0.497 e. The molecular weight excluding hydrogens is 432 g/mol. The predicted molar refractivity (Wildman–Crippen MR) is 130 cm³/mol. The van der Waals surface area contributed by atoms with Gasteiger partial charge >= 0.3 is 0 Å². The summed E-state index contributed by atoms with van der Waals surface area (Å²) in [5.41, 5.74) is 3.98. The lowest BCUT2D eigenvalue weighted by molar-refractivity contribution is -0.115. The van der Waals surface area contributed by atoms with Gasteiger partial charge in [-0.2, -0.15) is 0 Å².